The van der Waals surface area contributed by atoms with Crippen molar-refractivity contribution >= 4 is 11.7 Å². The minimum atomic E-state index is -0.240. The van der Waals surface area contributed by atoms with Crippen molar-refractivity contribution in [3.63, 3.8) is 0 Å². The number of amides is 2. The average molecular weight is 344 g/mol. The van der Waals surface area contributed by atoms with E-state index in [2.05, 4.69) is 33.1 Å². The molecule has 1 aromatic carbocycles. The standard InChI is InChI=1S/C17H24N6O2/c1-13-4-2-3-5-16(13)25-11-10-18-17(24)20-14-6-8-15(9-7-14)23-12-19-21-22-23/h6-9,12-13,16H,2-5,10-11H2,1H3,(H2,18,20,24)/t13-,16+/m0/s1. The number of nitrogens with zero attached hydrogens (tertiary/aromatic N) is 4. The van der Waals surface area contributed by atoms with Crippen LogP contribution in [0, 0.1) is 5.92 Å². The summed E-state index contributed by atoms with van der Waals surface area (Å²) in [7, 11) is 0. The first-order valence-corrected chi connectivity index (χ1v) is 8.72. The Morgan fingerprint density at radius 1 is 1.28 bits per heavy atom. The summed E-state index contributed by atoms with van der Waals surface area (Å²) in [6.07, 6.45) is 6.75. The number of urea groups is 1. The van der Waals surface area contributed by atoms with E-state index in [1.807, 2.05) is 12.1 Å². The largest absolute Gasteiger partial charge is 0.376 e. The van der Waals surface area contributed by atoms with Gasteiger partial charge in [0, 0.05) is 12.2 Å². The van der Waals surface area contributed by atoms with Crippen molar-refractivity contribution in [2.75, 3.05) is 18.5 Å². The smallest absolute Gasteiger partial charge is 0.319 e. The molecule has 1 fully saturated rings. The van der Waals surface area contributed by atoms with Gasteiger partial charge in [-0.25, -0.2) is 9.48 Å². The molecule has 0 spiro atoms. The highest BCUT2D eigenvalue weighted by Crippen LogP contribution is 2.25. The van der Waals surface area contributed by atoms with Crippen LogP contribution in [-0.2, 0) is 4.74 Å². The van der Waals surface area contributed by atoms with Gasteiger partial charge in [0.15, 0.2) is 0 Å². The van der Waals surface area contributed by atoms with Gasteiger partial charge in [-0.3, -0.25) is 0 Å². The summed E-state index contributed by atoms with van der Waals surface area (Å²) in [5.41, 5.74) is 1.53. The molecule has 1 aromatic heterocycles. The summed E-state index contributed by atoms with van der Waals surface area (Å²) in [6, 6.07) is 7.03. The number of aromatic nitrogens is 4. The van der Waals surface area contributed by atoms with E-state index in [1.54, 1.807) is 16.8 Å². The van der Waals surface area contributed by atoms with Gasteiger partial charge in [0.05, 0.1) is 18.4 Å². The maximum atomic E-state index is 11.9. The van der Waals surface area contributed by atoms with Gasteiger partial charge in [0.25, 0.3) is 0 Å². The van der Waals surface area contributed by atoms with Crippen molar-refractivity contribution < 1.29 is 9.53 Å². The van der Waals surface area contributed by atoms with Crippen molar-refractivity contribution in [1.29, 1.82) is 0 Å². The van der Waals surface area contributed by atoms with Crippen molar-refractivity contribution in [2.24, 2.45) is 5.92 Å². The van der Waals surface area contributed by atoms with E-state index in [-0.39, 0.29) is 6.03 Å². The van der Waals surface area contributed by atoms with Crippen LogP contribution in [0.5, 0.6) is 0 Å². The van der Waals surface area contributed by atoms with E-state index in [4.69, 9.17) is 4.74 Å². The molecule has 8 nitrogen and oxygen atoms in total. The molecule has 1 aliphatic rings. The predicted molar refractivity (Wildman–Crippen MR) is 93.5 cm³/mol. The van der Waals surface area contributed by atoms with E-state index in [1.165, 1.54) is 25.6 Å². The first-order chi connectivity index (χ1) is 12.2. The molecule has 134 valence electrons. The monoisotopic (exact) mass is 344 g/mol. The summed E-state index contributed by atoms with van der Waals surface area (Å²) in [5, 5.41) is 16.6. The van der Waals surface area contributed by atoms with Gasteiger partial charge in [-0.1, -0.05) is 19.8 Å². The SMILES string of the molecule is C[C@H]1CCCC[C@H]1OCCNC(=O)Nc1ccc(-n2cnnn2)cc1. The third kappa shape index (κ3) is 4.99. The summed E-state index contributed by atoms with van der Waals surface area (Å²) < 4.78 is 7.44. The number of tetrazole rings is 1. The molecule has 2 atom stereocenters. The molecule has 0 saturated heterocycles. The summed E-state index contributed by atoms with van der Waals surface area (Å²) in [6.45, 7) is 3.28. The molecule has 25 heavy (non-hydrogen) atoms. The molecular formula is C17H24N6O2. The second-order valence-electron chi connectivity index (χ2n) is 6.35. The Balaban J connectivity index is 1.37. The van der Waals surface area contributed by atoms with Crippen molar-refractivity contribution in [3.05, 3.63) is 30.6 Å². The lowest BCUT2D eigenvalue weighted by molar-refractivity contribution is -0.00232. The number of ether oxygens (including phenoxy) is 1. The molecule has 0 radical (unpaired) electrons. The van der Waals surface area contributed by atoms with Gasteiger partial charge >= 0.3 is 6.03 Å². The number of benzene rings is 1. The number of hydrogen-bond donors (Lipinski definition) is 2. The Kier molecular flexibility index (Phi) is 5.95. The fourth-order valence-corrected chi connectivity index (χ4v) is 3.06. The second kappa shape index (κ2) is 8.57. The molecule has 0 bridgehead atoms. The molecule has 3 rings (SSSR count). The van der Waals surface area contributed by atoms with Gasteiger partial charge in [0.2, 0.25) is 0 Å². The van der Waals surface area contributed by atoms with Gasteiger partial charge < -0.3 is 15.4 Å². The van der Waals surface area contributed by atoms with Gasteiger partial charge in [-0.15, -0.1) is 5.10 Å². The summed E-state index contributed by atoms with van der Waals surface area (Å²) in [5.74, 6) is 0.612. The van der Waals surface area contributed by atoms with Crippen LogP contribution in [0.15, 0.2) is 30.6 Å². The second-order valence-corrected chi connectivity index (χ2v) is 6.35. The highest BCUT2D eigenvalue weighted by molar-refractivity contribution is 5.89. The third-order valence-corrected chi connectivity index (χ3v) is 4.49. The molecule has 1 saturated carbocycles. The van der Waals surface area contributed by atoms with Gasteiger partial charge in [-0.05, 0) is 53.5 Å². The molecule has 8 heteroatoms. The van der Waals surface area contributed by atoms with E-state index in [9.17, 15) is 4.79 Å². The predicted octanol–water partition coefficient (Wildman–Crippen LogP) is 2.38. The molecule has 0 aliphatic heterocycles. The zero-order chi connectivity index (χ0) is 17.5. The number of hydrogen-bond acceptors (Lipinski definition) is 5. The van der Waals surface area contributed by atoms with E-state index < -0.39 is 0 Å². The Hall–Kier alpha value is -2.48. The van der Waals surface area contributed by atoms with Gasteiger partial charge in [-0.2, -0.15) is 0 Å². The maximum Gasteiger partial charge on any atom is 0.319 e. The Labute approximate surface area is 146 Å². The number of carbonyl (C=O) groups excluding carboxylic acids is 1. The minimum Gasteiger partial charge on any atom is -0.376 e. The van der Waals surface area contributed by atoms with Crippen LogP contribution in [0.2, 0.25) is 0 Å². The number of anilines is 1. The summed E-state index contributed by atoms with van der Waals surface area (Å²) >= 11 is 0. The van der Waals surface area contributed by atoms with Crippen LogP contribution in [0.25, 0.3) is 5.69 Å². The lowest BCUT2D eigenvalue weighted by Crippen LogP contribution is -2.34. The molecular weight excluding hydrogens is 320 g/mol. The van der Waals surface area contributed by atoms with Crippen LogP contribution in [0.4, 0.5) is 10.5 Å². The Bertz CT molecular complexity index is 658. The molecule has 0 unspecified atom stereocenters. The quantitative estimate of drug-likeness (QED) is 0.785. The number of rotatable bonds is 6. The van der Waals surface area contributed by atoms with Crippen LogP contribution in [0.3, 0.4) is 0 Å². The molecule has 1 heterocycles. The molecule has 2 amide bonds. The summed E-state index contributed by atoms with van der Waals surface area (Å²) in [4.78, 5) is 11.9. The molecule has 2 aromatic rings. The molecule has 1 aliphatic carbocycles. The van der Waals surface area contributed by atoms with E-state index >= 15 is 0 Å². The topological polar surface area (TPSA) is 94.0 Å². The molecule has 2 N–H and O–H groups in total. The lowest BCUT2D eigenvalue weighted by atomic mass is 9.88. The first-order valence-electron chi connectivity index (χ1n) is 8.72. The first kappa shape index (κ1) is 17.3. The Morgan fingerprint density at radius 2 is 2.08 bits per heavy atom. The average Bonchev–Trinajstić information content (AvgIpc) is 3.15. The maximum absolute atomic E-state index is 11.9. The number of nitrogens with one attached hydrogen (secondary N) is 2. The van der Waals surface area contributed by atoms with Crippen LogP contribution >= 0.6 is 0 Å². The highest BCUT2D eigenvalue weighted by atomic mass is 16.5. The van der Waals surface area contributed by atoms with Crippen LogP contribution in [0.1, 0.15) is 32.6 Å². The fourth-order valence-electron chi connectivity index (χ4n) is 3.06. The van der Waals surface area contributed by atoms with E-state index in [0.717, 1.165) is 12.1 Å². The zero-order valence-corrected chi connectivity index (χ0v) is 14.4. The van der Waals surface area contributed by atoms with Crippen molar-refractivity contribution in [3.8, 4) is 5.69 Å². The third-order valence-electron chi connectivity index (χ3n) is 4.49. The van der Waals surface area contributed by atoms with Crippen LogP contribution in [-0.4, -0.2) is 45.5 Å². The zero-order valence-electron chi connectivity index (χ0n) is 14.4. The van der Waals surface area contributed by atoms with Crippen molar-refractivity contribution in [2.45, 2.75) is 38.7 Å². The van der Waals surface area contributed by atoms with Crippen LogP contribution < -0.4 is 10.6 Å². The van der Waals surface area contributed by atoms with E-state index in [0.29, 0.717) is 30.9 Å². The fraction of sp³-hybridized carbons (Fsp3) is 0.529. The van der Waals surface area contributed by atoms with Crippen molar-refractivity contribution in [1.82, 2.24) is 25.5 Å². The lowest BCUT2D eigenvalue weighted by Gasteiger charge is -2.28. The minimum absolute atomic E-state index is 0.240. The van der Waals surface area contributed by atoms with Gasteiger partial charge in [0.1, 0.15) is 6.33 Å². The normalized spacial score (nSPS) is 20.2. The highest BCUT2D eigenvalue weighted by Gasteiger charge is 2.21. The Morgan fingerprint density at radius 3 is 2.80 bits per heavy atom. The number of carbonyl (C=O) groups is 1.